The molecule has 0 atom stereocenters. The first-order valence-corrected chi connectivity index (χ1v) is 7.63. The van der Waals surface area contributed by atoms with Crippen LogP contribution < -0.4 is 5.73 Å². The summed E-state index contributed by atoms with van der Waals surface area (Å²) in [6.07, 6.45) is 10.0. The second-order valence-corrected chi connectivity index (χ2v) is 5.46. The van der Waals surface area contributed by atoms with Gasteiger partial charge < -0.3 is 5.73 Å². The summed E-state index contributed by atoms with van der Waals surface area (Å²) >= 11 is 0. The van der Waals surface area contributed by atoms with Crippen LogP contribution in [-0.4, -0.2) is 6.54 Å². The van der Waals surface area contributed by atoms with E-state index in [1.165, 1.54) is 27.8 Å². The Kier molecular flexibility index (Phi) is 4.32. The Bertz CT molecular complexity index is 662. The summed E-state index contributed by atoms with van der Waals surface area (Å²) in [7, 11) is 0. The Morgan fingerprint density at radius 1 is 0.857 bits per heavy atom. The Morgan fingerprint density at radius 3 is 2.38 bits per heavy atom. The largest absolute Gasteiger partial charge is 0.330 e. The van der Waals surface area contributed by atoms with E-state index in [0.717, 1.165) is 19.3 Å². The van der Waals surface area contributed by atoms with Crippen molar-refractivity contribution in [2.75, 3.05) is 6.54 Å². The molecule has 0 saturated heterocycles. The summed E-state index contributed by atoms with van der Waals surface area (Å²) in [6, 6.07) is 17.5. The second kappa shape index (κ2) is 6.55. The molecule has 0 spiro atoms. The maximum absolute atomic E-state index is 5.64. The van der Waals surface area contributed by atoms with Crippen LogP contribution in [-0.2, 0) is 6.42 Å². The third kappa shape index (κ3) is 3.32. The first kappa shape index (κ1) is 13.8. The van der Waals surface area contributed by atoms with Crippen LogP contribution >= 0.6 is 0 Å². The molecule has 1 aliphatic carbocycles. The zero-order valence-corrected chi connectivity index (χ0v) is 12.3. The van der Waals surface area contributed by atoms with Crippen molar-refractivity contribution < 1.29 is 0 Å². The topological polar surface area (TPSA) is 26.0 Å². The van der Waals surface area contributed by atoms with E-state index in [0.29, 0.717) is 6.54 Å². The number of hydrogen-bond acceptors (Lipinski definition) is 1. The lowest BCUT2D eigenvalue weighted by Gasteiger charge is -2.09. The van der Waals surface area contributed by atoms with E-state index in [4.69, 9.17) is 5.73 Å². The fraction of sp³-hybridized carbons (Fsp3) is 0.200. The molecule has 0 amide bonds. The first-order chi connectivity index (χ1) is 10.4. The third-order valence-electron chi connectivity index (χ3n) is 3.91. The van der Waals surface area contributed by atoms with Gasteiger partial charge in [0.2, 0.25) is 0 Å². The van der Waals surface area contributed by atoms with Gasteiger partial charge in [0, 0.05) is 0 Å². The van der Waals surface area contributed by atoms with Gasteiger partial charge in [-0.1, -0.05) is 66.8 Å². The maximum atomic E-state index is 5.64. The molecule has 0 aromatic heterocycles. The monoisotopic (exact) mass is 275 g/mol. The second-order valence-electron chi connectivity index (χ2n) is 5.46. The zero-order chi connectivity index (χ0) is 14.5. The lowest BCUT2D eigenvalue weighted by atomic mass is 9.96. The van der Waals surface area contributed by atoms with Crippen molar-refractivity contribution in [3.05, 3.63) is 77.9 Å². The Morgan fingerprint density at radius 2 is 1.67 bits per heavy atom. The molecule has 2 N–H and O–H groups in total. The highest BCUT2D eigenvalue weighted by atomic mass is 14.5. The summed E-state index contributed by atoms with van der Waals surface area (Å²) in [5.74, 6) is 0. The molecular weight excluding hydrogens is 254 g/mol. The lowest BCUT2D eigenvalue weighted by molar-refractivity contribution is 0.969. The predicted molar refractivity (Wildman–Crippen MR) is 91.0 cm³/mol. The normalized spacial score (nSPS) is 14.0. The van der Waals surface area contributed by atoms with E-state index in [-0.39, 0.29) is 0 Å². The van der Waals surface area contributed by atoms with Crippen molar-refractivity contribution in [1.29, 1.82) is 0 Å². The number of benzene rings is 2. The van der Waals surface area contributed by atoms with Gasteiger partial charge in [0.25, 0.3) is 0 Å². The molecule has 0 bridgehead atoms. The highest BCUT2D eigenvalue weighted by Gasteiger charge is 2.03. The maximum Gasteiger partial charge on any atom is -0.00367 e. The molecule has 2 aromatic rings. The molecule has 0 heterocycles. The van der Waals surface area contributed by atoms with Crippen LogP contribution in [0.2, 0.25) is 0 Å². The highest BCUT2D eigenvalue weighted by molar-refractivity contribution is 5.76. The SMILES string of the molecule is NCCc1cccc(-c2ccc(C3=CCCC=C3)cc2)c1. The minimum Gasteiger partial charge on any atom is -0.330 e. The molecular formula is C20H21N. The van der Waals surface area contributed by atoms with E-state index >= 15 is 0 Å². The summed E-state index contributed by atoms with van der Waals surface area (Å²) in [5, 5.41) is 0. The molecule has 0 unspecified atom stereocenters. The standard InChI is InChI=1S/C20H21N/c21-14-13-16-5-4-8-20(15-16)19-11-9-18(10-12-19)17-6-2-1-3-7-17/h2,4-12,15H,1,3,13-14,21H2. The first-order valence-electron chi connectivity index (χ1n) is 7.63. The van der Waals surface area contributed by atoms with Gasteiger partial charge >= 0.3 is 0 Å². The Balaban J connectivity index is 1.85. The smallest absolute Gasteiger partial charge is 0.00367 e. The van der Waals surface area contributed by atoms with E-state index in [2.05, 4.69) is 66.8 Å². The summed E-state index contributed by atoms with van der Waals surface area (Å²) in [5.41, 5.74) is 12.1. The van der Waals surface area contributed by atoms with Crippen molar-refractivity contribution in [3.8, 4) is 11.1 Å². The molecule has 0 aliphatic heterocycles. The van der Waals surface area contributed by atoms with Crippen LogP contribution in [0.3, 0.4) is 0 Å². The van der Waals surface area contributed by atoms with E-state index in [1.54, 1.807) is 0 Å². The van der Waals surface area contributed by atoms with E-state index in [1.807, 2.05) is 0 Å². The van der Waals surface area contributed by atoms with Crippen LogP contribution in [0.25, 0.3) is 16.7 Å². The van der Waals surface area contributed by atoms with Crippen molar-refractivity contribution in [1.82, 2.24) is 0 Å². The summed E-state index contributed by atoms with van der Waals surface area (Å²) < 4.78 is 0. The lowest BCUT2D eigenvalue weighted by Crippen LogP contribution is -2.02. The number of rotatable bonds is 4. The molecule has 1 nitrogen and oxygen atoms in total. The van der Waals surface area contributed by atoms with Crippen LogP contribution in [0, 0.1) is 0 Å². The van der Waals surface area contributed by atoms with Crippen LogP contribution in [0.4, 0.5) is 0 Å². The fourth-order valence-electron chi connectivity index (χ4n) is 2.76. The van der Waals surface area contributed by atoms with E-state index in [9.17, 15) is 0 Å². The van der Waals surface area contributed by atoms with Crippen molar-refractivity contribution in [2.24, 2.45) is 5.73 Å². The van der Waals surface area contributed by atoms with Gasteiger partial charge in [-0.2, -0.15) is 0 Å². The molecule has 3 rings (SSSR count). The third-order valence-corrected chi connectivity index (χ3v) is 3.91. The van der Waals surface area contributed by atoms with Crippen LogP contribution in [0.1, 0.15) is 24.0 Å². The quantitative estimate of drug-likeness (QED) is 0.867. The van der Waals surface area contributed by atoms with Gasteiger partial charge in [0.1, 0.15) is 0 Å². The van der Waals surface area contributed by atoms with Gasteiger partial charge in [-0.15, -0.1) is 0 Å². The number of allylic oxidation sites excluding steroid dienone is 4. The molecule has 1 heteroatoms. The fourth-order valence-corrected chi connectivity index (χ4v) is 2.76. The number of hydrogen-bond donors (Lipinski definition) is 1. The molecule has 106 valence electrons. The Hall–Kier alpha value is -2.12. The molecule has 1 aliphatic rings. The zero-order valence-electron chi connectivity index (χ0n) is 12.3. The van der Waals surface area contributed by atoms with Gasteiger partial charge in [-0.3, -0.25) is 0 Å². The average molecular weight is 275 g/mol. The van der Waals surface area contributed by atoms with Gasteiger partial charge in [0.15, 0.2) is 0 Å². The minimum absolute atomic E-state index is 0.697. The summed E-state index contributed by atoms with van der Waals surface area (Å²) in [4.78, 5) is 0. The van der Waals surface area contributed by atoms with Crippen molar-refractivity contribution in [3.63, 3.8) is 0 Å². The predicted octanol–water partition coefficient (Wildman–Crippen LogP) is 4.59. The van der Waals surface area contributed by atoms with Gasteiger partial charge in [-0.05, 0) is 53.6 Å². The highest BCUT2D eigenvalue weighted by Crippen LogP contribution is 2.25. The summed E-state index contributed by atoms with van der Waals surface area (Å²) in [6.45, 7) is 0.697. The van der Waals surface area contributed by atoms with Gasteiger partial charge in [0.05, 0.1) is 0 Å². The minimum atomic E-state index is 0.697. The molecule has 0 saturated carbocycles. The number of nitrogens with two attached hydrogens (primary N) is 1. The van der Waals surface area contributed by atoms with Crippen molar-refractivity contribution in [2.45, 2.75) is 19.3 Å². The molecule has 2 aromatic carbocycles. The van der Waals surface area contributed by atoms with Gasteiger partial charge in [-0.25, -0.2) is 0 Å². The van der Waals surface area contributed by atoms with Crippen LogP contribution in [0.5, 0.6) is 0 Å². The average Bonchev–Trinajstić information content (AvgIpc) is 2.56. The molecule has 0 fully saturated rings. The van der Waals surface area contributed by atoms with Crippen molar-refractivity contribution >= 4 is 5.57 Å². The Labute approximate surface area is 126 Å². The van der Waals surface area contributed by atoms with E-state index < -0.39 is 0 Å². The molecule has 21 heavy (non-hydrogen) atoms. The molecule has 0 radical (unpaired) electrons. The van der Waals surface area contributed by atoms with Crippen LogP contribution in [0.15, 0.2) is 66.8 Å².